The first-order chi connectivity index (χ1) is 5.00. The van der Waals surface area contributed by atoms with Gasteiger partial charge in [-0.05, 0) is 17.4 Å². The van der Waals surface area contributed by atoms with Crippen LogP contribution in [0.3, 0.4) is 0 Å². The second kappa shape index (κ2) is 2.82. The van der Waals surface area contributed by atoms with Gasteiger partial charge in [-0.2, -0.15) is 0 Å². The Bertz CT molecular complexity index is 193. The van der Waals surface area contributed by atoms with Gasteiger partial charge in [0.1, 0.15) is 0 Å². The highest BCUT2D eigenvalue weighted by Crippen LogP contribution is 2.28. The van der Waals surface area contributed by atoms with Crippen molar-refractivity contribution in [1.29, 1.82) is 0 Å². The molecular formula is C10H17N. The Balaban J connectivity index is 2.80. The average molecular weight is 151 g/mol. The molecule has 62 valence electrons. The number of hydrogen-bond donors (Lipinski definition) is 1. The minimum atomic E-state index is 0.231. The van der Waals surface area contributed by atoms with E-state index in [2.05, 4.69) is 39.0 Å². The smallest absolute Gasteiger partial charge is 0.0264 e. The van der Waals surface area contributed by atoms with Crippen LogP contribution in [0.1, 0.15) is 27.2 Å². The van der Waals surface area contributed by atoms with Crippen LogP contribution in [0.2, 0.25) is 0 Å². The van der Waals surface area contributed by atoms with E-state index in [-0.39, 0.29) is 11.5 Å². The van der Waals surface area contributed by atoms with E-state index < -0.39 is 0 Å². The number of rotatable bonds is 0. The van der Waals surface area contributed by atoms with Crippen molar-refractivity contribution in [3.8, 4) is 0 Å². The molecule has 0 amide bonds. The molecule has 2 N–H and O–H groups in total. The summed E-state index contributed by atoms with van der Waals surface area (Å²) in [5, 5.41) is 0. The molecule has 0 aromatic rings. The number of nitrogens with two attached hydrogens (primary N) is 1. The van der Waals surface area contributed by atoms with E-state index in [1.54, 1.807) is 0 Å². The molecule has 0 aromatic carbocycles. The largest absolute Gasteiger partial charge is 0.324 e. The molecular weight excluding hydrogens is 134 g/mol. The monoisotopic (exact) mass is 151 g/mol. The first kappa shape index (κ1) is 8.54. The Morgan fingerprint density at radius 2 is 2.09 bits per heavy atom. The van der Waals surface area contributed by atoms with Gasteiger partial charge in [0.15, 0.2) is 0 Å². The van der Waals surface area contributed by atoms with Crippen LogP contribution in [-0.2, 0) is 0 Å². The van der Waals surface area contributed by atoms with Crippen molar-refractivity contribution in [2.45, 2.75) is 33.2 Å². The van der Waals surface area contributed by atoms with Crippen molar-refractivity contribution in [1.82, 2.24) is 0 Å². The average Bonchev–Trinajstić information content (AvgIpc) is 1.86. The van der Waals surface area contributed by atoms with Crippen molar-refractivity contribution in [3.63, 3.8) is 0 Å². The molecule has 1 aliphatic rings. The summed E-state index contributed by atoms with van der Waals surface area (Å²) in [7, 11) is 0. The van der Waals surface area contributed by atoms with Gasteiger partial charge in [-0.15, -0.1) is 0 Å². The van der Waals surface area contributed by atoms with Crippen LogP contribution >= 0.6 is 0 Å². The molecule has 1 heteroatoms. The molecule has 0 saturated heterocycles. The van der Waals surface area contributed by atoms with E-state index >= 15 is 0 Å². The zero-order valence-corrected chi connectivity index (χ0v) is 7.59. The summed E-state index contributed by atoms with van der Waals surface area (Å²) in [5.74, 6) is 0. The van der Waals surface area contributed by atoms with E-state index in [1.165, 1.54) is 5.57 Å². The highest BCUT2D eigenvalue weighted by atomic mass is 14.6. The van der Waals surface area contributed by atoms with Crippen molar-refractivity contribution >= 4 is 0 Å². The fourth-order valence-corrected chi connectivity index (χ4v) is 1.21. The summed E-state index contributed by atoms with van der Waals surface area (Å²) in [6.07, 6.45) is 7.49. The van der Waals surface area contributed by atoms with Gasteiger partial charge in [0.25, 0.3) is 0 Å². The number of allylic oxidation sites excluding steroid dienone is 2. The predicted octanol–water partition coefficient (Wildman–Crippen LogP) is 2.25. The highest BCUT2D eigenvalue weighted by Gasteiger charge is 2.17. The van der Waals surface area contributed by atoms with Crippen LogP contribution in [-0.4, -0.2) is 6.04 Å². The molecule has 11 heavy (non-hydrogen) atoms. The molecule has 0 saturated carbocycles. The maximum atomic E-state index is 5.79. The van der Waals surface area contributed by atoms with E-state index in [1.807, 2.05) is 0 Å². The molecule has 1 aliphatic carbocycles. The molecule has 1 unspecified atom stereocenters. The van der Waals surface area contributed by atoms with E-state index in [0.29, 0.717) is 0 Å². The lowest BCUT2D eigenvalue weighted by molar-refractivity contribution is 0.509. The molecule has 0 heterocycles. The Morgan fingerprint density at radius 3 is 2.45 bits per heavy atom. The van der Waals surface area contributed by atoms with Crippen LogP contribution in [0, 0.1) is 5.41 Å². The molecule has 1 atom stereocenters. The van der Waals surface area contributed by atoms with Crippen LogP contribution < -0.4 is 5.73 Å². The molecule has 0 spiro atoms. The van der Waals surface area contributed by atoms with Gasteiger partial charge in [-0.3, -0.25) is 0 Å². The van der Waals surface area contributed by atoms with Gasteiger partial charge in [-0.25, -0.2) is 0 Å². The second-order valence-corrected chi connectivity index (χ2v) is 4.17. The van der Waals surface area contributed by atoms with E-state index in [9.17, 15) is 0 Å². The molecule has 0 aromatic heterocycles. The molecule has 0 fully saturated rings. The lowest BCUT2D eigenvalue weighted by atomic mass is 9.83. The topological polar surface area (TPSA) is 26.0 Å². The molecule has 0 bridgehead atoms. The summed E-state index contributed by atoms with van der Waals surface area (Å²) >= 11 is 0. The SMILES string of the molecule is CC(C)(C)C1=CC(N)CC=C1. The highest BCUT2D eigenvalue weighted by molar-refractivity contribution is 5.29. The van der Waals surface area contributed by atoms with Crippen molar-refractivity contribution in [3.05, 3.63) is 23.8 Å². The lowest BCUT2D eigenvalue weighted by Gasteiger charge is -2.24. The molecule has 0 aliphatic heterocycles. The van der Waals surface area contributed by atoms with Crippen molar-refractivity contribution in [2.75, 3.05) is 0 Å². The minimum absolute atomic E-state index is 0.231. The zero-order chi connectivity index (χ0) is 8.48. The van der Waals surface area contributed by atoms with Crippen molar-refractivity contribution in [2.24, 2.45) is 11.1 Å². The third-order valence-corrected chi connectivity index (χ3v) is 1.97. The zero-order valence-electron chi connectivity index (χ0n) is 7.59. The van der Waals surface area contributed by atoms with Gasteiger partial charge in [0.2, 0.25) is 0 Å². The van der Waals surface area contributed by atoms with Crippen LogP contribution in [0.25, 0.3) is 0 Å². The quantitative estimate of drug-likeness (QED) is 0.564. The summed E-state index contributed by atoms with van der Waals surface area (Å²) in [6, 6.07) is 0.231. The summed E-state index contributed by atoms with van der Waals surface area (Å²) < 4.78 is 0. The fourth-order valence-electron chi connectivity index (χ4n) is 1.21. The summed E-state index contributed by atoms with van der Waals surface area (Å²) in [5.41, 5.74) is 7.40. The molecule has 1 nitrogen and oxygen atoms in total. The fraction of sp³-hybridized carbons (Fsp3) is 0.600. The Morgan fingerprint density at radius 1 is 1.45 bits per heavy atom. The van der Waals surface area contributed by atoms with Gasteiger partial charge >= 0.3 is 0 Å². The van der Waals surface area contributed by atoms with Crippen LogP contribution in [0.5, 0.6) is 0 Å². The van der Waals surface area contributed by atoms with Gasteiger partial charge < -0.3 is 5.73 Å². The predicted molar refractivity (Wildman–Crippen MR) is 49.3 cm³/mol. The summed E-state index contributed by atoms with van der Waals surface area (Å²) in [4.78, 5) is 0. The normalized spacial score (nSPS) is 25.1. The molecule has 1 rings (SSSR count). The van der Waals surface area contributed by atoms with Crippen molar-refractivity contribution < 1.29 is 0 Å². The standard InChI is InChI=1S/C10H17N/c1-10(2,3)8-5-4-6-9(11)7-8/h4-5,7,9H,6,11H2,1-3H3. The molecule has 0 radical (unpaired) electrons. The first-order valence-electron chi connectivity index (χ1n) is 4.14. The van der Waals surface area contributed by atoms with Gasteiger partial charge in [0, 0.05) is 6.04 Å². The second-order valence-electron chi connectivity index (χ2n) is 4.17. The third kappa shape index (κ3) is 2.19. The number of hydrogen-bond acceptors (Lipinski definition) is 1. The lowest BCUT2D eigenvalue weighted by Crippen LogP contribution is -2.21. The maximum absolute atomic E-state index is 5.79. The Labute approximate surface area is 69.0 Å². The Hall–Kier alpha value is -0.560. The third-order valence-electron chi connectivity index (χ3n) is 1.97. The first-order valence-corrected chi connectivity index (χ1v) is 4.14. The van der Waals surface area contributed by atoms with E-state index in [0.717, 1.165) is 6.42 Å². The van der Waals surface area contributed by atoms with Crippen LogP contribution in [0.4, 0.5) is 0 Å². The Kier molecular flexibility index (Phi) is 2.19. The minimum Gasteiger partial charge on any atom is -0.324 e. The maximum Gasteiger partial charge on any atom is 0.0264 e. The van der Waals surface area contributed by atoms with Gasteiger partial charge in [-0.1, -0.05) is 39.0 Å². The van der Waals surface area contributed by atoms with E-state index in [4.69, 9.17) is 5.73 Å². The van der Waals surface area contributed by atoms with Crippen LogP contribution in [0.15, 0.2) is 23.8 Å². The van der Waals surface area contributed by atoms with Gasteiger partial charge in [0.05, 0.1) is 0 Å². The summed E-state index contributed by atoms with van der Waals surface area (Å²) in [6.45, 7) is 6.63.